The number of hydrogen-bond donors (Lipinski definition) is 3. The number of aromatic nitrogens is 1. The van der Waals surface area contributed by atoms with Gasteiger partial charge in [-0.15, -0.1) is 11.3 Å². The maximum absolute atomic E-state index is 12.6. The minimum atomic E-state index is -4.45. The van der Waals surface area contributed by atoms with Gasteiger partial charge in [-0.25, -0.2) is 9.98 Å². The fraction of sp³-hybridized carbons (Fsp3) is 0.353. The molecule has 1 aromatic carbocycles. The van der Waals surface area contributed by atoms with Crippen molar-refractivity contribution >= 4 is 23.2 Å². The number of rotatable bonds is 8. The second-order valence-electron chi connectivity index (χ2n) is 5.58. The summed E-state index contributed by atoms with van der Waals surface area (Å²) in [6.07, 6.45) is -4.45. The van der Waals surface area contributed by atoms with Crippen LogP contribution in [0.25, 0.3) is 0 Å². The van der Waals surface area contributed by atoms with E-state index in [0.717, 1.165) is 22.3 Å². The Morgan fingerprint density at radius 3 is 2.79 bits per heavy atom. The molecular weight excluding hydrogens is 395 g/mol. The van der Waals surface area contributed by atoms with E-state index in [2.05, 4.69) is 20.6 Å². The summed E-state index contributed by atoms with van der Waals surface area (Å²) in [4.78, 5) is 18.7. The van der Waals surface area contributed by atoms with Crippen molar-refractivity contribution in [2.24, 2.45) is 10.7 Å². The van der Waals surface area contributed by atoms with Gasteiger partial charge in [-0.2, -0.15) is 13.2 Å². The molecule has 0 spiro atoms. The van der Waals surface area contributed by atoms with Gasteiger partial charge in [-0.05, 0) is 24.6 Å². The molecule has 0 radical (unpaired) electrons. The van der Waals surface area contributed by atoms with E-state index in [1.807, 2.05) is 13.0 Å². The number of nitrogens with two attached hydrogens (primary N) is 1. The smallest absolute Gasteiger partial charge is 0.434 e. The van der Waals surface area contributed by atoms with Gasteiger partial charge in [0.05, 0.1) is 13.1 Å². The van der Waals surface area contributed by atoms with Crippen LogP contribution in [0.1, 0.15) is 23.2 Å². The highest BCUT2D eigenvalue weighted by molar-refractivity contribution is 7.09. The third-order valence-corrected chi connectivity index (χ3v) is 4.14. The van der Waals surface area contributed by atoms with Gasteiger partial charge in [0, 0.05) is 11.9 Å². The molecule has 28 heavy (non-hydrogen) atoms. The van der Waals surface area contributed by atoms with Crippen molar-refractivity contribution < 1.29 is 22.7 Å². The van der Waals surface area contributed by atoms with Crippen LogP contribution in [0.2, 0.25) is 0 Å². The zero-order chi connectivity index (χ0) is 20.6. The Bertz CT molecular complexity index is 823. The zero-order valence-electron chi connectivity index (χ0n) is 15.0. The lowest BCUT2D eigenvalue weighted by Gasteiger charge is -2.10. The number of primary amides is 1. The molecule has 0 unspecified atom stereocenters. The highest BCUT2D eigenvalue weighted by Crippen LogP contribution is 2.29. The Morgan fingerprint density at radius 2 is 2.14 bits per heavy atom. The van der Waals surface area contributed by atoms with Gasteiger partial charge >= 0.3 is 6.18 Å². The largest absolute Gasteiger partial charge is 0.484 e. The van der Waals surface area contributed by atoms with Crippen molar-refractivity contribution in [1.29, 1.82) is 0 Å². The predicted molar refractivity (Wildman–Crippen MR) is 99.9 cm³/mol. The van der Waals surface area contributed by atoms with Gasteiger partial charge in [-0.3, -0.25) is 4.79 Å². The monoisotopic (exact) mass is 415 g/mol. The summed E-state index contributed by atoms with van der Waals surface area (Å²) < 4.78 is 43.1. The van der Waals surface area contributed by atoms with E-state index in [9.17, 15) is 18.0 Å². The summed E-state index contributed by atoms with van der Waals surface area (Å²) in [5.74, 6) is 0.361. The summed E-state index contributed by atoms with van der Waals surface area (Å²) in [6, 6.07) is 7.02. The minimum Gasteiger partial charge on any atom is -0.484 e. The van der Waals surface area contributed by atoms with Crippen LogP contribution >= 0.6 is 11.3 Å². The molecule has 1 aromatic heterocycles. The number of aliphatic imine (C=N–C) groups is 1. The SMILES string of the molecule is CCNC(=NCc1cccc(OCC(N)=O)c1)NCc1nc(C(F)(F)F)cs1. The van der Waals surface area contributed by atoms with Crippen molar-refractivity contribution in [1.82, 2.24) is 15.6 Å². The van der Waals surface area contributed by atoms with Crippen LogP contribution in [0.4, 0.5) is 13.2 Å². The Kier molecular flexibility index (Phi) is 7.61. The quantitative estimate of drug-likeness (QED) is 0.454. The number of guanidine groups is 1. The maximum Gasteiger partial charge on any atom is 0.434 e. The number of halogens is 3. The standard InChI is InChI=1S/C17H20F3N5O2S/c1-2-22-16(24-8-15-25-13(10-28-15)17(18,19)20)23-7-11-4-3-5-12(6-11)27-9-14(21)26/h3-6,10H,2,7-9H2,1H3,(H2,21,26)(H2,22,23,24). The average Bonchev–Trinajstić information content (AvgIpc) is 3.12. The normalized spacial score (nSPS) is 11.9. The topological polar surface area (TPSA) is 102 Å². The van der Waals surface area contributed by atoms with Gasteiger partial charge < -0.3 is 21.1 Å². The first kappa shape index (κ1) is 21.5. The second kappa shape index (κ2) is 9.93. The first-order valence-corrected chi connectivity index (χ1v) is 9.19. The first-order chi connectivity index (χ1) is 13.3. The number of hydrogen-bond acceptors (Lipinski definition) is 5. The van der Waals surface area contributed by atoms with Gasteiger partial charge in [0.2, 0.25) is 0 Å². The predicted octanol–water partition coefficient (Wildman–Crippen LogP) is 2.28. The number of amides is 1. The summed E-state index contributed by atoms with van der Waals surface area (Å²) in [5, 5.41) is 7.26. The van der Waals surface area contributed by atoms with Crippen LogP contribution in [0.3, 0.4) is 0 Å². The highest BCUT2D eigenvalue weighted by Gasteiger charge is 2.33. The van der Waals surface area contributed by atoms with Crippen molar-refractivity contribution in [3.05, 3.63) is 45.9 Å². The van der Waals surface area contributed by atoms with Crippen molar-refractivity contribution in [2.75, 3.05) is 13.2 Å². The second-order valence-corrected chi connectivity index (χ2v) is 6.52. The lowest BCUT2D eigenvalue weighted by Crippen LogP contribution is -2.36. The fourth-order valence-corrected chi connectivity index (χ4v) is 2.82. The van der Waals surface area contributed by atoms with Crippen LogP contribution in [0, 0.1) is 0 Å². The molecule has 152 valence electrons. The summed E-state index contributed by atoms with van der Waals surface area (Å²) in [7, 11) is 0. The molecule has 0 atom stereocenters. The molecule has 7 nitrogen and oxygen atoms in total. The van der Waals surface area contributed by atoms with E-state index in [-0.39, 0.29) is 13.2 Å². The van der Waals surface area contributed by atoms with Gasteiger partial charge in [-0.1, -0.05) is 12.1 Å². The molecule has 0 aliphatic carbocycles. The fourth-order valence-electron chi connectivity index (χ4n) is 2.08. The molecule has 0 aliphatic heterocycles. The Labute approximate surface area is 163 Å². The number of thiazole rings is 1. The zero-order valence-corrected chi connectivity index (χ0v) is 15.9. The molecule has 4 N–H and O–H groups in total. The third kappa shape index (κ3) is 7.06. The summed E-state index contributed by atoms with van der Waals surface area (Å²) in [5.41, 5.74) is 4.98. The maximum atomic E-state index is 12.6. The molecule has 0 bridgehead atoms. The number of carbonyl (C=O) groups excluding carboxylic acids is 1. The summed E-state index contributed by atoms with van der Waals surface area (Å²) in [6.45, 7) is 2.66. The Morgan fingerprint density at radius 1 is 1.36 bits per heavy atom. The molecule has 2 rings (SSSR count). The van der Waals surface area contributed by atoms with Crippen LogP contribution in [0.15, 0.2) is 34.6 Å². The van der Waals surface area contributed by atoms with E-state index in [0.29, 0.717) is 29.8 Å². The number of alkyl halides is 3. The van der Waals surface area contributed by atoms with E-state index < -0.39 is 17.8 Å². The van der Waals surface area contributed by atoms with Crippen LogP contribution in [-0.2, 0) is 24.1 Å². The van der Waals surface area contributed by atoms with Gasteiger partial charge in [0.15, 0.2) is 18.3 Å². The number of nitrogens with zero attached hydrogens (tertiary/aromatic N) is 2. The molecule has 11 heteroatoms. The molecule has 0 saturated heterocycles. The van der Waals surface area contributed by atoms with Crippen LogP contribution < -0.4 is 21.1 Å². The molecule has 1 heterocycles. The van der Waals surface area contributed by atoms with Gasteiger partial charge in [0.25, 0.3) is 5.91 Å². The number of carbonyl (C=O) groups is 1. The molecule has 2 aromatic rings. The van der Waals surface area contributed by atoms with Gasteiger partial charge in [0.1, 0.15) is 10.8 Å². The first-order valence-electron chi connectivity index (χ1n) is 8.31. The molecule has 1 amide bonds. The molecule has 0 aliphatic rings. The Balaban J connectivity index is 1.97. The van der Waals surface area contributed by atoms with Crippen LogP contribution in [0.5, 0.6) is 5.75 Å². The number of benzene rings is 1. The average molecular weight is 415 g/mol. The van der Waals surface area contributed by atoms with E-state index in [1.54, 1.807) is 18.2 Å². The minimum absolute atomic E-state index is 0.119. The van der Waals surface area contributed by atoms with Crippen molar-refractivity contribution in [3.63, 3.8) is 0 Å². The van der Waals surface area contributed by atoms with E-state index in [4.69, 9.17) is 10.5 Å². The molecular formula is C17H20F3N5O2S. The highest BCUT2D eigenvalue weighted by atomic mass is 32.1. The number of ether oxygens (including phenoxy) is 1. The number of nitrogens with one attached hydrogen (secondary N) is 2. The van der Waals surface area contributed by atoms with E-state index >= 15 is 0 Å². The summed E-state index contributed by atoms with van der Waals surface area (Å²) >= 11 is 0.930. The van der Waals surface area contributed by atoms with Crippen LogP contribution in [-0.4, -0.2) is 30.0 Å². The lowest BCUT2D eigenvalue weighted by molar-refractivity contribution is -0.140. The Hall–Kier alpha value is -2.82. The third-order valence-electron chi connectivity index (χ3n) is 3.29. The van der Waals surface area contributed by atoms with Crippen molar-refractivity contribution in [2.45, 2.75) is 26.2 Å². The molecule has 0 fully saturated rings. The van der Waals surface area contributed by atoms with Crippen molar-refractivity contribution in [3.8, 4) is 5.75 Å². The van der Waals surface area contributed by atoms with E-state index in [1.165, 1.54) is 0 Å². The molecule has 0 saturated carbocycles. The lowest BCUT2D eigenvalue weighted by atomic mass is 10.2.